The SMILES string of the molecule is CCN[Si](N[Si](C)(C)C)(OC)N(C)C. The lowest BCUT2D eigenvalue weighted by atomic mass is 10.8. The van der Waals surface area contributed by atoms with Crippen molar-refractivity contribution in [2.45, 2.75) is 26.6 Å². The molecule has 0 rings (SSSR count). The third kappa shape index (κ3) is 4.20. The van der Waals surface area contributed by atoms with Gasteiger partial charge in [0.15, 0.2) is 0 Å². The molecule has 86 valence electrons. The van der Waals surface area contributed by atoms with Gasteiger partial charge in [-0.25, -0.2) is 0 Å². The summed E-state index contributed by atoms with van der Waals surface area (Å²) in [6.07, 6.45) is 0. The molecule has 0 bridgehead atoms. The van der Waals surface area contributed by atoms with Crippen LogP contribution >= 0.6 is 0 Å². The number of nitrogens with zero attached hydrogens (tertiary/aromatic N) is 1. The van der Waals surface area contributed by atoms with Crippen molar-refractivity contribution < 1.29 is 4.43 Å². The number of hydrogen-bond donors (Lipinski definition) is 2. The van der Waals surface area contributed by atoms with Crippen molar-refractivity contribution >= 4 is 17.0 Å². The zero-order valence-electron chi connectivity index (χ0n) is 10.6. The maximum Gasteiger partial charge on any atom is 0.435 e. The van der Waals surface area contributed by atoms with Crippen molar-refractivity contribution in [1.82, 2.24) is 14.2 Å². The lowest BCUT2D eigenvalue weighted by Gasteiger charge is -2.39. The molecule has 0 aliphatic carbocycles. The number of hydrogen-bond acceptors (Lipinski definition) is 4. The Balaban J connectivity index is 4.67. The predicted molar refractivity (Wildman–Crippen MR) is 66.6 cm³/mol. The normalized spacial score (nSPS) is 17.1. The maximum atomic E-state index is 5.69. The van der Waals surface area contributed by atoms with Gasteiger partial charge in [-0.2, -0.15) is 0 Å². The Bertz CT molecular complexity index is 172. The summed E-state index contributed by atoms with van der Waals surface area (Å²) in [5.41, 5.74) is 0. The first-order valence-electron chi connectivity index (χ1n) is 5.04. The molecule has 0 radical (unpaired) electrons. The lowest BCUT2D eigenvalue weighted by Crippen LogP contribution is -2.77. The van der Waals surface area contributed by atoms with Crippen LogP contribution in [-0.4, -0.2) is 49.4 Å². The van der Waals surface area contributed by atoms with Crippen LogP contribution in [0, 0.1) is 0 Å². The van der Waals surface area contributed by atoms with Crippen LogP contribution in [0.2, 0.25) is 19.6 Å². The van der Waals surface area contributed by atoms with Crippen LogP contribution in [0.4, 0.5) is 0 Å². The molecule has 0 aliphatic rings. The highest BCUT2D eigenvalue weighted by atomic mass is 28.4. The Hall–Kier alpha value is 0.274. The molecule has 1 atom stereocenters. The molecule has 0 saturated heterocycles. The van der Waals surface area contributed by atoms with Crippen molar-refractivity contribution in [3.63, 3.8) is 0 Å². The first kappa shape index (κ1) is 14.3. The van der Waals surface area contributed by atoms with E-state index in [-0.39, 0.29) is 0 Å². The minimum Gasteiger partial charge on any atom is -0.384 e. The average molecular weight is 235 g/mol. The van der Waals surface area contributed by atoms with Gasteiger partial charge in [0.2, 0.25) is 0 Å². The number of nitrogens with one attached hydrogen (secondary N) is 2. The summed E-state index contributed by atoms with van der Waals surface area (Å²) in [5, 5.41) is 0. The van der Waals surface area contributed by atoms with E-state index in [9.17, 15) is 0 Å². The molecule has 1 unspecified atom stereocenters. The zero-order valence-corrected chi connectivity index (χ0v) is 12.6. The Morgan fingerprint density at radius 1 is 1.21 bits per heavy atom. The Labute approximate surface area is 90.5 Å². The Morgan fingerprint density at radius 2 is 1.71 bits per heavy atom. The lowest BCUT2D eigenvalue weighted by molar-refractivity contribution is 0.307. The van der Waals surface area contributed by atoms with E-state index in [1.54, 1.807) is 7.11 Å². The summed E-state index contributed by atoms with van der Waals surface area (Å²) < 4.78 is 11.5. The Morgan fingerprint density at radius 3 is 1.93 bits per heavy atom. The van der Waals surface area contributed by atoms with Crippen LogP contribution in [0.25, 0.3) is 0 Å². The first-order valence-corrected chi connectivity index (χ1v) is 10.4. The molecule has 0 fully saturated rings. The van der Waals surface area contributed by atoms with E-state index in [0.29, 0.717) is 0 Å². The molecule has 0 amide bonds. The smallest absolute Gasteiger partial charge is 0.384 e. The first-order chi connectivity index (χ1) is 6.27. The average Bonchev–Trinajstić information content (AvgIpc) is 2.00. The monoisotopic (exact) mass is 235 g/mol. The maximum absolute atomic E-state index is 5.69. The fraction of sp³-hybridized carbons (Fsp3) is 1.00. The predicted octanol–water partition coefficient (Wildman–Crippen LogP) is 0.664. The summed E-state index contributed by atoms with van der Waals surface area (Å²) in [4.78, 5) is 3.47. The highest BCUT2D eigenvalue weighted by molar-refractivity contribution is 6.86. The van der Waals surface area contributed by atoms with E-state index >= 15 is 0 Å². The van der Waals surface area contributed by atoms with Gasteiger partial charge < -0.3 is 9.07 Å². The number of rotatable bonds is 6. The molecule has 6 heteroatoms. The molecule has 0 saturated carbocycles. The van der Waals surface area contributed by atoms with E-state index in [4.69, 9.17) is 4.43 Å². The fourth-order valence-electron chi connectivity index (χ4n) is 1.37. The summed E-state index contributed by atoms with van der Waals surface area (Å²) >= 11 is 0. The van der Waals surface area contributed by atoms with Crippen LogP contribution in [0.3, 0.4) is 0 Å². The molecular formula is C8H25N3OSi2. The van der Waals surface area contributed by atoms with Gasteiger partial charge in [-0.3, -0.25) is 9.55 Å². The Kier molecular flexibility index (Phi) is 5.49. The largest absolute Gasteiger partial charge is 0.435 e. The molecule has 0 aromatic heterocycles. The quantitative estimate of drug-likeness (QED) is 0.664. The molecular weight excluding hydrogens is 210 g/mol. The van der Waals surface area contributed by atoms with Crippen LogP contribution < -0.4 is 9.63 Å². The van der Waals surface area contributed by atoms with Crippen molar-refractivity contribution in [1.29, 1.82) is 0 Å². The van der Waals surface area contributed by atoms with Gasteiger partial charge in [0.25, 0.3) is 0 Å². The molecule has 0 aliphatic heterocycles. The van der Waals surface area contributed by atoms with Crippen molar-refractivity contribution in [2.75, 3.05) is 27.7 Å². The van der Waals surface area contributed by atoms with Crippen LogP contribution in [0.15, 0.2) is 0 Å². The van der Waals surface area contributed by atoms with E-state index < -0.39 is 17.0 Å². The van der Waals surface area contributed by atoms with Gasteiger partial charge in [0.1, 0.15) is 8.24 Å². The molecule has 0 aromatic rings. The summed E-state index contributed by atoms with van der Waals surface area (Å²) in [6.45, 7) is 9.89. The van der Waals surface area contributed by atoms with Gasteiger partial charge in [-0.1, -0.05) is 26.6 Å². The summed E-state index contributed by atoms with van der Waals surface area (Å²) in [5.74, 6) is 0. The second kappa shape index (κ2) is 5.38. The molecule has 0 aromatic carbocycles. The highest BCUT2D eigenvalue weighted by Gasteiger charge is 2.41. The molecule has 0 spiro atoms. The summed E-state index contributed by atoms with van der Waals surface area (Å²) in [6, 6.07) is 0. The van der Waals surface area contributed by atoms with E-state index in [1.807, 2.05) is 0 Å². The zero-order chi connectivity index (χ0) is 11.4. The third-order valence-corrected chi connectivity index (χ3v) is 8.92. The van der Waals surface area contributed by atoms with E-state index in [2.05, 4.69) is 54.9 Å². The topological polar surface area (TPSA) is 36.5 Å². The summed E-state index contributed by atoms with van der Waals surface area (Å²) in [7, 11) is 2.48. The van der Waals surface area contributed by atoms with Gasteiger partial charge in [-0.05, 0) is 20.6 Å². The van der Waals surface area contributed by atoms with Crippen LogP contribution in [-0.2, 0) is 4.43 Å². The molecule has 2 N–H and O–H groups in total. The van der Waals surface area contributed by atoms with Crippen LogP contribution in [0.1, 0.15) is 6.92 Å². The van der Waals surface area contributed by atoms with Crippen molar-refractivity contribution in [3.05, 3.63) is 0 Å². The second-order valence-corrected chi connectivity index (χ2v) is 13.1. The van der Waals surface area contributed by atoms with E-state index in [0.717, 1.165) is 6.54 Å². The second-order valence-electron chi connectivity index (χ2n) is 4.65. The van der Waals surface area contributed by atoms with E-state index in [1.165, 1.54) is 0 Å². The molecule has 4 nitrogen and oxygen atoms in total. The minimum atomic E-state index is -2.09. The third-order valence-electron chi connectivity index (χ3n) is 1.89. The molecule has 14 heavy (non-hydrogen) atoms. The van der Waals surface area contributed by atoms with Gasteiger partial charge >= 0.3 is 8.80 Å². The van der Waals surface area contributed by atoms with Crippen molar-refractivity contribution in [2.24, 2.45) is 0 Å². The molecule has 0 heterocycles. The minimum absolute atomic E-state index is 0.926. The van der Waals surface area contributed by atoms with Gasteiger partial charge in [0, 0.05) is 7.11 Å². The van der Waals surface area contributed by atoms with Crippen molar-refractivity contribution in [3.8, 4) is 0 Å². The highest BCUT2D eigenvalue weighted by Crippen LogP contribution is 2.05. The van der Waals surface area contributed by atoms with Crippen LogP contribution in [0.5, 0.6) is 0 Å². The van der Waals surface area contributed by atoms with Gasteiger partial charge in [-0.15, -0.1) is 0 Å². The standard InChI is InChI=1S/C8H25N3OSi2/c1-8-9-14(12-4,11(2)3)10-13(5,6)7/h9-10H,8H2,1-7H3. The fourth-order valence-corrected chi connectivity index (χ4v) is 8.40. The van der Waals surface area contributed by atoms with Gasteiger partial charge in [0.05, 0.1) is 0 Å².